The molecule has 0 bridgehead atoms. The number of benzene rings is 2. The third kappa shape index (κ3) is 1.83. The maximum atomic E-state index is 13.1. The number of hydrogen-bond donors (Lipinski definition) is 1. The number of hydrogen-bond acceptors (Lipinski definition) is 4. The first-order chi connectivity index (χ1) is 11.1. The molecule has 1 fully saturated rings. The summed E-state index contributed by atoms with van der Waals surface area (Å²) in [6.45, 7) is 0. The molecule has 23 heavy (non-hydrogen) atoms. The molecule has 1 N–H and O–H groups in total. The SMILES string of the molecule is O=C1c2ccccc2C(=O)C12[C@@H](O)CS[C@H]2c1ccccc1Cl. The molecular formula is C18H13ClO3S. The first-order valence-corrected chi connectivity index (χ1v) is 8.74. The van der Waals surface area contributed by atoms with Crippen molar-refractivity contribution in [3.63, 3.8) is 0 Å². The van der Waals surface area contributed by atoms with E-state index in [1.165, 1.54) is 11.8 Å². The van der Waals surface area contributed by atoms with Crippen molar-refractivity contribution in [3.8, 4) is 0 Å². The van der Waals surface area contributed by atoms with E-state index in [9.17, 15) is 14.7 Å². The number of carbonyl (C=O) groups excluding carboxylic acids is 2. The maximum Gasteiger partial charge on any atom is 0.181 e. The second-order valence-corrected chi connectivity index (χ2v) is 7.37. The van der Waals surface area contributed by atoms with Gasteiger partial charge in [-0.2, -0.15) is 0 Å². The summed E-state index contributed by atoms with van der Waals surface area (Å²) in [4.78, 5) is 26.2. The fourth-order valence-electron chi connectivity index (χ4n) is 3.62. The molecule has 2 aliphatic rings. The maximum absolute atomic E-state index is 13.1. The third-order valence-corrected chi connectivity index (χ3v) is 6.53. The normalized spacial score (nSPS) is 25.1. The number of Topliss-reactive ketones (excluding diaryl/α,β-unsaturated/α-hetero) is 2. The van der Waals surface area contributed by atoms with Gasteiger partial charge < -0.3 is 5.11 Å². The standard InChI is InChI=1S/C18H13ClO3S/c19-13-8-4-3-7-12(13)17-18(14(20)9-23-17)15(21)10-5-1-2-6-11(10)16(18)22/h1-8,14,17,20H,9H2/t14-,17-/m0/s1. The highest BCUT2D eigenvalue weighted by atomic mass is 35.5. The van der Waals surface area contributed by atoms with Gasteiger partial charge in [0.25, 0.3) is 0 Å². The predicted molar refractivity (Wildman–Crippen MR) is 90.2 cm³/mol. The lowest BCUT2D eigenvalue weighted by Crippen LogP contribution is -2.45. The summed E-state index contributed by atoms with van der Waals surface area (Å²) >= 11 is 7.72. The quantitative estimate of drug-likeness (QED) is 0.804. The average molecular weight is 345 g/mol. The Balaban J connectivity index is 1.94. The Morgan fingerprint density at radius 2 is 1.57 bits per heavy atom. The van der Waals surface area contributed by atoms with E-state index in [0.717, 1.165) is 5.56 Å². The van der Waals surface area contributed by atoms with Crippen LogP contribution in [0, 0.1) is 5.41 Å². The molecule has 0 amide bonds. The molecule has 1 aliphatic carbocycles. The Morgan fingerprint density at radius 1 is 1.00 bits per heavy atom. The van der Waals surface area contributed by atoms with E-state index < -0.39 is 16.8 Å². The largest absolute Gasteiger partial charge is 0.391 e. The highest BCUT2D eigenvalue weighted by Crippen LogP contribution is 2.60. The zero-order valence-electron chi connectivity index (χ0n) is 12.0. The van der Waals surface area contributed by atoms with Crippen LogP contribution < -0.4 is 0 Å². The summed E-state index contributed by atoms with van der Waals surface area (Å²) in [5, 5.41) is 10.6. The van der Waals surface area contributed by atoms with E-state index in [1.807, 2.05) is 18.2 Å². The number of thioether (sulfide) groups is 1. The Kier molecular flexibility index (Phi) is 3.38. The van der Waals surface area contributed by atoms with E-state index in [0.29, 0.717) is 21.9 Å². The molecule has 0 radical (unpaired) electrons. The number of ketones is 2. The van der Waals surface area contributed by atoms with Gasteiger partial charge in [0.2, 0.25) is 0 Å². The lowest BCUT2D eigenvalue weighted by atomic mass is 9.73. The predicted octanol–water partition coefficient (Wildman–Crippen LogP) is 3.55. The first kappa shape index (κ1) is 14.9. The fraction of sp³-hybridized carbons (Fsp3) is 0.222. The molecule has 1 heterocycles. The van der Waals surface area contributed by atoms with Crippen LogP contribution in [-0.4, -0.2) is 28.5 Å². The van der Waals surface area contributed by atoms with Gasteiger partial charge in [0.1, 0.15) is 5.41 Å². The van der Waals surface area contributed by atoms with Gasteiger partial charge in [-0.1, -0.05) is 54.1 Å². The number of rotatable bonds is 1. The van der Waals surface area contributed by atoms with Crippen LogP contribution in [-0.2, 0) is 0 Å². The summed E-state index contributed by atoms with van der Waals surface area (Å²) in [5.74, 6) is -0.248. The van der Waals surface area contributed by atoms with Crippen molar-refractivity contribution in [1.82, 2.24) is 0 Å². The highest BCUT2D eigenvalue weighted by molar-refractivity contribution is 8.00. The minimum absolute atomic E-state index is 0.291. The van der Waals surface area contributed by atoms with Gasteiger partial charge in [-0.3, -0.25) is 9.59 Å². The topological polar surface area (TPSA) is 54.4 Å². The van der Waals surface area contributed by atoms with Crippen molar-refractivity contribution in [3.05, 3.63) is 70.2 Å². The van der Waals surface area contributed by atoms with Crippen LogP contribution in [0.15, 0.2) is 48.5 Å². The van der Waals surface area contributed by atoms with Crippen molar-refractivity contribution < 1.29 is 14.7 Å². The van der Waals surface area contributed by atoms with Crippen LogP contribution in [0.2, 0.25) is 5.02 Å². The Morgan fingerprint density at radius 3 is 2.17 bits per heavy atom. The van der Waals surface area contributed by atoms with Crippen molar-refractivity contribution in [2.75, 3.05) is 5.75 Å². The molecule has 1 spiro atoms. The van der Waals surface area contributed by atoms with Gasteiger partial charge in [0.05, 0.1) is 11.4 Å². The molecule has 5 heteroatoms. The van der Waals surface area contributed by atoms with Gasteiger partial charge >= 0.3 is 0 Å². The molecule has 0 aromatic heterocycles. The number of carbonyl (C=O) groups is 2. The van der Waals surface area contributed by atoms with Gasteiger partial charge in [-0.15, -0.1) is 11.8 Å². The minimum Gasteiger partial charge on any atom is -0.391 e. The molecule has 2 atom stereocenters. The van der Waals surface area contributed by atoms with E-state index >= 15 is 0 Å². The van der Waals surface area contributed by atoms with Crippen LogP contribution in [0.5, 0.6) is 0 Å². The van der Waals surface area contributed by atoms with E-state index in [-0.39, 0.29) is 11.6 Å². The summed E-state index contributed by atoms with van der Waals surface area (Å²) in [6.07, 6.45) is -1.01. The van der Waals surface area contributed by atoms with Crippen LogP contribution in [0.1, 0.15) is 31.5 Å². The summed E-state index contributed by atoms with van der Waals surface area (Å²) in [7, 11) is 0. The van der Waals surface area contributed by atoms with Crippen LogP contribution in [0.3, 0.4) is 0 Å². The van der Waals surface area contributed by atoms with Gasteiger partial charge in [-0.05, 0) is 11.6 Å². The van der Waals surface area contributed by atoms with Crippen molar-refractivity contribution >= 4 is 34.9 Å². The van der Waals surface area contributed by atoms with E-state index in [1.54, 1.807) is 30.3 Å². The average Bonchev–Trinajstić information content (AvgIpc) is 3.02. The lowest BCUT2D eigenvalue weighted by molar-refractivity contribution is 0.0388. The summed E-state index contributed by atoms with van der Waals surface area (Å²) in [5.41, 5.74) is 0.0664. The summed E-state index contributed by atoms with van der Waals surface area (Å²) in [6, 6.07) is 14.0. The lowest BCUT2D eigenvalue weighted by Gasteiger charge is -2.30. The molecule has 2 aromatic rings. The summed E-state index contributed by atoms with van der Waals surface area (Å²) < 4.78 is 0. The number of aliphatic hydroxyl groups is 1. The zero-order valence-corrected chi connectivity index (χ0v) is 13.6. The molecule has 116 valence electrons. The smallest absolute Gasteiger partial charge is 0.181 e. The number of halogens is 1. The Bertz CT molecular complexity index is 798. The second kappa shape index (κ2) is 5.20. The van der Waals surface area contributed by atoms with Crippen molar-refractivity contribution in [1.29, 1.82) is 0 Å². The van der Waals surface area contributed by atoms with Crippen molar-refractivity contribution in [2.24, 2.45) is 5.41 Å². The molecular weight excluding hydrogens is 332 g/mol. The third-order valence-electron chi connectivity index (χ3n) is 4.72. The monoisotopic (exact) mass is 344 g/mol. The Labute approximate surface area is 142 Å². The Hall–Kier alpha value is -1.62. The van der Waals surface area contributed by atoms with Crippen LogP contribution in [0.4, 0.5) is 0 Å². The van der Waals surface area contributed by atoms with Gasteiger partial charge in [0, 0.05) is 21.9 Å². The zero-order chi connectivity index (χ0) is 16.2. The molecule has 4 rings (SSSR count). The van der Waals surface area contributed by atoms with Crippen LogP contribution in [0.25, 0.3) is 0 Å². The molecule has 3 nitrogen and oxygen atoms in total. The van der Waals surface area contributed by atoms with E-state index in [4.69, 9.17) is 11.6 Å². The number of aliphatic hydroxyl groups excluding tert-OH is 1. The van der Waals surface area contributed by atoms with Gasteiger partial charge in [0.15, 0.2) is 11.6 Å². The second-order valence-electron chi connectivity index (χ2n) is 5.82. The number of fused-ring (bicyclic) bond motifs is 1. The van der Waals surface area contributed by atoms with Crippen LogP contribution >= 0.6 is 23.4 Å². The molecule has 0 unspecified atom stereocenters. The molecule has 2 aromatic carbocycles. The fourth-order valence-corrected chi connectivity index (χ4v) is 5.58. The van der Waals surface area contributed by atoms with E-state index in [2.05, 4.69) is 0 Å². The molecule has 1 saturated heterocycles. The van der Waals surface area contributed by atoms with Crippen molar-refractivity contribution in [2.45, 2.75) is 11.4 Å². The molecule has 1 aliphatic heterocycles. The van der Waals surface area contributed by atoms with Gasteiger partial charge in [-0.25, -0.2) is 0 Å². The first-order valence-electron chi connectivity index (χ1n) is 7.31. The molecule has 0 saturated carbocycles. The highest BCUT2D eigenvalue weighted by Gasteiger charge is 2.65. The minimum atomic E-state index is -1.46.